The quantitative estimate of drug-likeness (QED) is 0.0912. The van der Waals surface area contributed by atoms with E-state index in [2.05, 4.69) is 31.9 Å². The van der Waals surface area contributed by atoms with Crippen LogP contribution in [-0.4, -0.2) is 44.9 Å². The SMILES string of the molecule is Cc1ccc(NC(=O)Nc2ccc(S(=O)(=O)c3ccc(NC(=O)Nc4ccc(C)c(NC(=O)OC5CCCCC5)c4)cc3)cc2)cc1NC(=O)OC1CCCCC1. The zero-order valence-corrected chi connectivity index (χ0v) is 32.8. The van der Waals surface area contributed by atoms with Crippen LogP contribution in [0.5, 0.6) is 0 Å². The number of aryl methyl sites for hydroxylation is 2. The number of hydrogen-bond donors (Lipinski definition) is 6. The summed E-state index contributed by atoms with van der Waals surface area (Å²) in [6, 6.07) is 20.5. The highest BCUT2D eigenvalue weighted by Gasteiger charge is 2.21. The molecule has 0 aliphatic heterocycles. The third kappa shape index (κ3) is 11.5. The van der Waals surface area contributed by atoms with Crippen molar-refractivity contribution in [3.8, 4) is 0 Å². The molecule has 2 saturated carbocycles. The molecule has 15 heteroatoms. The molecule has 0 radical (unpaired) electrons. The van der Waals surface area contributed by atoms with E-state index in [1.54, 1.807) is 36.4 Å². The summed E-state index contributed by atoms with van der Waals surface area (Å²) in [4.78, 5) is 50.6. The van der Waals surface area contributed by atoms with Gasteiger partial charge in [0.2, 0.25) is 9.84 Å². The van der Waals surface area contributed by atoms with Crippen molar-refractivity contribution in [3.05, 3.63) is 96.1 Å². The van der Waals surface area contributed by atoms with Crippen LogP contribution >= 0.6 is 0 Å². The molecule has 14 nitrogen and oxygen atoms in total. The second-order valence-electron chi connectivity index (χ2n) is 14.4. The van der Waals surface area contributed by atoms with Gasteiger partial charge in [-0.3, -0.25) is 10.6 Å². The second kappa shape index (κ2) is 18.7. The predicted molar refractivity (Wildman–Crippen MR) is 220 cm³/mol. The van der Waals surface area contributed by atoms with Crippen molar-refractivity contribution in [3.63, 3.8) is 0 Å². The highest BCUT2D eigenvalue weighted by Crippen LogP contribution is 2.27. The van der Waals surface area contributed by atoms with Crippen LogP contribution in [-0.2, 0) is 19.3 Å². The van der Waals surface area contributed by atoms with Gasteiger partial charge >= 0.3 is 24.2 Å². The monoisotopic (exact) mass is 796 g/mol. The van der Waals surface area contributed by atoms with Crippen LogP contribution in [0.4, 0.5) is 53.3 Å². The number of nitrogens with one attached hydrogen (secondary N) is 6. The summed E-state index contributed by atoms with van der Waals surface area (Å²) >= 11 is 0. The van der Waals surface area contributed by atoms with Crippen molar-refractivity contribution >= 4 is 68.2 Å². The summed E-state index contributed by atoms with van der Waals surface area (Å²) in [6.07, 6.45) is 8.63. The van der Waals surface area contributed by atoms with Crippen LogP contribution in [0.15, 0.2) is 94.7 Å². The van der Waals surface area contributed by atoms with Crippen molar-refractivity contribution in [1.82, 2.24) is 0 Å². The molecular formula is C42H48N6O8S. The maximum absolute atomic E-state index is 13.4. The maximum Gasteiger partial charge on any atom is 0.411 e. The number of urea groups is 2. The summed E-state index contributed by atoms with van der Waals surface area (Å²) in [7, 11) is -3.93. The Morgan fingerprint density at radius 3 is 1.18 bits per heavy atom. The van der Waals surface area contributed by atoms with Gasteiger partial charge in [0.15, 0.2) is 0 Å². The molecular weight excluding hydrogens is 749 g/mol. The number of ether oxygens (including phenoxy) is 2. The molecule has 6 N–H and O–H groups in total. The van der Waals surface area contributed by atoms with E-state index < -0.39 is 34.1 Å². The maximum atomic E-state index is 13.4. The first-order valence-electron chi connectivity index (χ1n) is 19.2. The molecule has 0 saturated heterocycles. The summed E-state index contributed by atoms with van der Waals surface area (Å²) in [5.41, 5.74) is 4.20. The Bertz CT molecular complexity index is 2030. The van der Waals surface area contributed by atoms with Gasteiger partial charge in [-0.05, 0) is 149 Å². The van der Waals surface area contributed by atoms with Gasteiger partial charge in [-0.1, -0.05) is 25.0 Å². The molecule has 0 unspecified atom stereocenters. The highest BCUT2D eigenvalue weighted by atomic mass is 32.2. The molecule has 2 aliphatic rings. The zero-order valence-electron chi connectivity index (χ0n) is 32.0. The fraction of sp³-hybridized carbons (Fsp3) is 0.333. The smallest absolute Gasteiger partial charge is 0.411 e. The van der Waals surface area contributed by atoms with E-state index in [0.717, 1.165) is 75.3 Å². The summed E-state index contributed by atoms with van der Waals surface area (Å²) in [5, 5.41) is 16.3. The fourth-order valence-electron chi connectivity index (χ4n) is 6.77. The van der Waals surface area contributed by atoms with Gasteiger partial charge in [0, 0.05) is 34.1 Å². The number of amides is 6. The topological polar surface area (TPSA) is 193 Å². The van der Waals surface area contributed by atoms with Crippen LogP contribution in [0, 0.1) is 13.8 Å². The summed E-state index contributed by atoms with van der Waals surface area (Å²) < 4.78 is 37.9. The zero-order chi connectivity index (χ0) is 40.4. The van der Waals surface area contributed by atoms with E-state index in [-0.39, 0.29) is 22.0 Å². The van der Waals surface area contributed by atoms with Gasteiger partial charge in [0.1, 0.15) is 12.2 Å². The van der Waals surface area contributed by atoms with Crippen molar-refractivity contribution < 1.29 is 37.1 Å². The summed E-state index contributed by atoms with van der Waals surface area (Å²) in [6.45, 7) is 3.67. The molecule has 0 atom stereocenters. The minimum Gasteiger partial charge on any atom is -0.446 e. The lowest BCUT2D eigenvalue weighted by Crippen LogP contribution is -2.24. The lowest BCUT2D eigenvalue weighted by Gasteiger charge is -2.22. The first-order valence-corrected chi connectivity index (χ1v) is 20.7. The number of sulfone groups is 1. The molecule has 6 rings (SSSR count). The van der Waals surface area contributed by atoms with E-state index in [9.17, 15) is 27.6 Å². The third-order valence-electron chi connectivity index (χ3n) is 9.96. The molecule has 0 heterocycles. The number of carbonyl (C=O) groups excluding carboxylic acids is 4. The highest BCUT2D eigenvalue weighted by molar-refractivity contribution is 7.91. The Labute approximate surface area is 332 Å². The molecule has 300 valence electrons. The molecule has 4 aromatic rings. The average molecular weight is 797 g/mol. The molecule has 0 bridgehead atoms. The first kappa shape index (κ1) is 40.6. The molecule has 0 aromatic heterocycles. The van der Waals surface area contributed by atoms with Crippen molar-refractivity contribution in [2.45, 2.75) is 100 Å². The van der Waals surface area contributed by atoms with E-state index in [0.29, 0.717) is 34.1 Å². The molecule has 2 fully saturated rings. The van der Waals surface area contributed by atoms with Gasteiger partial charge in [-0.15, -0.1) is 0 Å². The Morgan fingerprint density at radius 2 is 0.807 bits per heavy atom. The lowest BCUT2D eigenvalue weighted by atomic mass is 9.98. The second-order valence-corrected chi connectivity index (χ2v) is 16.3. The Kier molecular flexibility index (Phi) is 13.3. The predicted octanol–water partition coefficient (Wildman–Crippen LogP) is 10.2. The molecule has 2 aliphatic carbocycles. The van der Waals surface area contributed by atoms with Gasteiger partial charge < -0.3 is 30.7 Å². The number of carbonyl (C=O) groups is 4. The fourth-order valence-corrected chi connectivity index (χ4v) is 8.04. The normalized spacial score (nSPS) is 14.8. The van der Waals surface area contributed by atoms with Gasteiger partial charge in [0.05, 0.1) is 9.79 Å². The van der Waals surface area contributed by atoms with E-state index in [1.807, 2.05) is 13.8 Å². The standard InChI is InChI=1S/C42H48N6O8S/c1-27-13-15-31(25-37(27)47-41(51)55-33-9-5-3-6-10-33)45-39(49)43-29-17-21-35(22-18-29)57(53,54)36-23-19-30(20-24-36)44-40(50)46-32-16-14-28(2)38(26-32)48-42(52)56-34-11-7-4-8-12-34/h13-26,33-34H,3-12H2,1-2H3,(H,47,51)(H,48,52)(H2,43,45,49)(H2,44,46,50). The van der Waals surface area contributed by atoms with Crippen molar-refractivity contribution in [2.75, 3.05) is 31.9 Å². The molecule has 0 spiro atoms. The third-order valence-corrected chi connectivity index (χ3v) is 11.7. The molecule has 6 amide bonds. The van der Waals surface area contributed by atoms with Crippen LogP contribution in [0.1, 0.15) is 75.3 Å². The number of rotatable bonds is 10. The van der Waals surface area contributed by atoms with Crippen LogP contribution < -0.4 is 31.9 Å². The van der Waals surface area contributed by atoms with Gasteiger partial charge in [-0.25, -0.2) is 27.6 Å². The van der Waals surface area contributed by atoms with Crippen LogP contribution in [0.3, 0.4) is 0 Å². The van der Waals surface area contributed by atoms with Gasteiger partial charge in [0.25, 0.3) is 0 Å². The van der Waals surface area contributed by atoms with Crippen LogP contribution in [0.25, 0.3) is 0 Å². The van der Waals surface area contributed by atoms with Crippen molar-refractivity contribution in [1.29, 1.82) is 0 Å². The van der Waals surface area contributed by atoms with Crippen LogP contribution in [0.2, 0.25) is 0 Å². The largest absolute Gasteiger partial charge is 0.446 e. The first-order chi connectivity index (χ1) is 27.4. The Morgan fingerprint density at radius 1 is 0.474 bits per heavy atom. The average Bonchev–Trinajstić information content (AvgIpc) is 3.18. The summed E-state index contributed by atoms with van der Waals surface area (Å²) in [5.74, 6) is 0. The number of anilines is 6. The van der Waals surface area contributed by atoms with E-state index >= 15 is 0 Å². The minimum absolute atomic E-state index is 0.00711. The minimum atomic E-state index is -3.93. The lowest BCUT2D eigenvalue weighted by molar-refractivity contribution is 0.0858. The number of benzene rings is 4. The molecule has 4 aromatic carbocycles. The van der Waals surface area contributed by atoms with Crippen molar-refractivity contribution in [2.24, 2.45) is 0 Å². The Balaban J connectivity index is 0.988. The van der Waals surface area contributed by atoms with E-state index in [1.165, 1.54) is 48.5 Å². The van der Waals surface area contributed by atoms with Gasteiger partial charge in [-0.2, -0.15) is 0 Å². The molecule has 57 heavy (non-hydrogen) atoms. The Hall–Kier alpha value is -6.09. The number of hydrogen-bond acceptors (Lipinski definition) is 8. The van der Waals surface area contributed by atoms with E-state index in [4.69, 9.17) is 9.47 Å².